The Balaban J connectivity index is 1.15. The molecule has 0 atom stereocenters. The third-order valence-corrected chi connectivity index (χ3v) is 20.2. The molecule has 0 aromatic heterocycles. The lowest BCUT2D eigenvalue weighted by atomic mass is 9.33. The fourth-order valence-electron chi connectivity index (χ4n) is 14.9. The standard InChI is InChI=1S/C81H80BN3/c1-53-33-34-56(54-25-17-13-18-26-54)46-71(53)85-72-47-57(55-27-19-14-20-28-55)36-39-68(72)82-69-51-66-67(81(11,12)44-43-80(66,9)10)52-73(69)84(74-49-62(50-75(85)76(74)82)83(60-29-21-15-22-30-60)61-31-23-16-24-32-61)70-40-37-59(77(2,3)4)48-63(70)58-35-38-64-65(45-58)79(7,8)42-41-78(64,5)6/h13-40,45-52H,41-44H2,1-12H3. The summed E-state index contributed by atoms with van der Waals surface area (Å²) in [5, 5.41) is 0. The molecule has 0 unspecified atom stereocenters. The minimum Gasteiger partial charge on any atom is -0.311 e. The van der Waals surface area contributed by atoms with Crippen molar-refractivity contribution >= 4 is 74.3 Å². The second-order valence-corrected chi connectivity index (χ2v) is 28.7. The quantitative estimate of drug-likeness (QED) is 0.140. The molecule has 10 aromatic carbocycles. The normalized spacial score (nSPS) is 16.6. The number of benzene rings is 10. The van der Waals surface area contributed by atoms with Crippen molar-refractivity contribution in [1.29, 1.82) is 0 Å². The Morgan fingerprint density at radius 1 is 0.353 bits per heavy atom. The van der Waals surface area contributed by atoms with Crippen LogP contribution in [0.4, 0.5) is 51.2 Å². The van der Waals surface area contributed by atoms with Crippen molar-refractivity contribution in [3.63, 3.8) is 0 Å². The third-order valence-electron chi connectivity index (χ3n) is 20.2. The lowest BCUT2D eigenvalue weighted by Gasteiger charge is -2.48. The minimum atomic E-state index is -0.101. The molecule has 4 heteroatoms. The van der Waals surface area contributed by atoms with Gasteiger partial charge in [0.15, 0.2) is 0 Å². The summed E-state index contributed by atoms with van der Waals surface area (Å²) in [5.41, 5.74) is 30.1. The summed E-state index contributed by atoms with van der Waals surface area (Å²) in [4.78, 5) is 7.88. The van der Waals surface area contributed by atoms with E-state index in [2.05, 4.69) is 316 Å². The lowest BCUT2D eigenvalue weighted by molar-refractivity contribution is 0.332. The molecule has 2 heterocycles. The molecule has 0 N–H and O–H groups in total. The first-order chi connectivity index (χ1) is 40.7. The molecule has 422 valence electrons. The lowest BCUT2D eigenvalue weighted by Crippen LogP contribution is -2.62. The van der Waals surface area contributed by atoms with Crippen molar-refractivity contribution in [2.45, 2.75) is 136 Å². The van der Waals surface area contributed by atoms with Crippen LogP contribution in [0.3, 0.4) is 0 Å². The van der Waals surface area contributed by atoms with Crippen LogP contribution in [0.2, 0.25) is 0 Å². The van der Waals surface area contributed by atoms with Gasteiger partial charge in [-0.15, -0.1) is 0 Å². The number of aryl methyl sites for hydroxylation is 1. The second-order valence-electron chi connectivity index (χ2n) is 28.7. The van der Waals surface area contributed by atoms with Crippen LogP contribution in [0, 0.1) is 6.92 Å². The van der Waals surface area contributed by atoms with Gasteiger partial charge in [0, 0.05) is 45.4 Å². The maximum Gasteiger partial charge on any atom is 0.252 e. The van der Waals surface area contributed by atoms with E-state index in [1.807, 2.05) is 0 Å². The molecule has 0 spiro atoms. The topological polar surface area (TPSA) is 9.72 Å². The van der Waals surface area contributed by atoms with Gasteiger partial charge in [0.2, 0.25) is 0 Å². The molecular formula is C81H80BN3. The number of hydrogen-bond acceptors (Lipinski definition) is 3. The monoisotopic (exact) mass is 1110 g/mol. The zero-order valence-corrected chi connectivity index (χ0v) is 52.0. The molecule has 85 heavy (non-hydrogen) atoms. The maximum absolute atomic E-state index is 2.74. The van der Waals surface area contributed by atoms with Crippen molar-refractivity contribution in [3.8, 4) is 33.4 Å². The van der Waals surface area contributed by atoms with E-state index < -0.39 is 0 Å². The first kappa shape index (κ1) is 54.6. The zero-order chi connectivity index (χ0) is 59.0. The Hall–Kier alpha value is -8.34. The molecule has 2 aliphatic carbocycles. The van der Waals surface area contributed by atoms with E-state index in [4.69, 9.17) is 0 Å². The minimum absolute atomic E-state index is 0.0253. The van der Waals surface area contributed by atoms with E-state index in [0.717, 1.165) is 42.0 Å². The van der Waals surface area contributed by atoms with Crippen molar-refractivity contribution in [1.82, 2.24) is 0 Å². The fourth-order valence-corrected chi connectivity index (χ4v) is 14.9. The Morgan fingerprint density at radius 3 is 1.36 bits per heavy atom. The molecule has 4 aliphatic rings. The van der Waals surface area contributed by atoms with E-state index in [1.165, 1.54) is 118 Å². The number of anilines is 9. The first-order valence-corrected chi connectivity index (χ1v) is 31.2. The summed E-state index contributed by atoms with van der Waals surface area (Å²) in [6, 6.07) is 83.9. The molecule has 0 fully saturated rings. The van der Waals surface area contributed by atoms with Crippen molar-refractivity contribution in [2.24, 2.45) is 0 Å². The number of hydrogen-bond donors (Lipinski definition) is 0. The molecule has 0 saturated carbocycles. The van der Waals surface area contributed by atoms with E-state index in [1.54, 1.807) is 0 Å². The molecule has 0 bridgehead atoms. The summed E-state index contributed by atoms with van der Waals surface area (Å²) in [5.74, 6) is 0. The van der Waals surface area contributed by atoms with Crippen LogP contribution in [0.5, 0.6) is 0 Å². The van der Waals surface area contributed by atoms with Gasteiger partial charge in [0.1, 0.15) is 0 Å². The largest absolute Gasteiger partial charge is 0.311 e. The SMILES string of the molecule is Cc1ccc(-c2ccccc2)cc1N1c2cc(-c3ccccc3)ccc2B2c3cc4c(cc3N(c3ccc(C(C)(C)C)cc3-c3ccc5c(c3)C(C)(C)CCC5(C)C)c3cc(N(c5ccccc5)c5ccccc5)cc1c32)C(C)(C)CCC4(C)C. The van der Waals surface area contributed by atoms with Gasteiger partial charge in [-0.2, -0.15) is 0 Å². The Labute approximate surface area is 507 Å². The summed E-state index contributed by atoms with van der Waals surface area (Å²) in [6.45, 7) is 29.1. The molecule has 3 nitrogen and oxygen atoms in total. The van der Waals surface area contributed by atoms with Crippen LogP contribution >= 0.6 is 0 Å². The van der Waals surface area contributed by atoms with Crippen LogP contribution in [-0.4, -0.2) is 6.71 Å². The highest BCUT2D eigenvalue weighted by Gasteiger charge is 2.48. The average Bonchev–Trinajstić information content (AvgIpc) is 0.746. The number of fused-ring (bicyclic) bond motifs is 6. The smallest absolute Gasteiger partial charge is 0.252 e. The van der Waals surface area contributed by atoms with Crippen LogP contribution in [0.25, 0.3) is 33.4 Å². The molecule has 14 rings (SSSR count). The van der Waals surface area contributed by atoms with E-state index in [9.17, 15) is 0 Å². The van der Waals surface area contributed by atoms with Crippen LogP contribution in [0.1, 0.15) is 135 Å². The Kier molecular flexibility index (Phi) is 12.8. The van der Waals surface area contributed by atoms with Crippen molar-refractivity contribution in [2.75, 3.05) is 14.7 Å². The predicted molar refractivity (Wildman–Crippen MR) is 365 cm³/mol. The Morgan fingerprint density at radius 2 is 0.812 bits per heavy atom. The molecule has 0 saturated heterocycles. The zero-order valence-electron chi connectivity index (χ0n) is 52.0. The van der Waals surface area contributed by atoms with Gasteiger partial charge in [-0.1, -0.05) is 228 Å². The second kappa shape index (κ2) is 19.9. The summed E-state index contributed by atoms with van der Waals surface area (Å²) < 4.78 is 0. The first-order valence-electron chi connectivity index (χ1n) is 31.2. The molecule has 10 aromatic rings. The molecule has 0 radical (unpaired) electrons. The summed E-state index contributed by atoms with van der Waals surface area (Å²) >= 11 is 0. The fraction of sp³-hybridized carbons (Fsp3) is 0.259. The predicted octanol–water partition coefficient (Wildman–Crippen LogP) is 20.5. The summed E-state index contributed by atoms with van der Waals surface area (Å²) in [7, 11) is 0. The van der Waals surface area contributed by atoms with E-state index >= 15 is 0 Å². The number of rotatable bonds is 8. The van der Waals surface area contributed by atoms with Crippen LogP contribution < -0.4 is 31.1 Å². The van der Waals surface area contributed by atoms with Crippen LogP contribution in [0.15, 0.2) is 218 Å². The number of para-hydroxylation sites is 2. The van der Waals surface area contributed by atoms with Gasteiger partial charge in [-0.3, -0.25) is 0 Å². The van der Waals surface area contributed by atoms with Gasteiger partial charge >= 0.3 is 0 Å². The third kappa shape index (κ3) is 9.16. The molecule has 0 amide bonds. The highest BCUT2D eigenvalue weighted by Crippen LogP contribution is 2.55. The molecule has 2 aliphatic heterocycles. The van der Waals surface area contributed by atoms with Crippen molar-refractivity contribution < 1.29 is 0 Å². The van der Waals surface area contributed by atoms with Gasteiger partial charge in [0.25, 0.3) is 6.71 Å². The number of nitrogens with zero attached hydrogens (tertiary/aromatic N) is 3. The van der Waals surface area contributed by atoms with Gasteiger partial charge in [-0.25, -0.2) is 0 Å². The highest BCUT2D eigenvalue weighted by molar-refractivity contribution is 7.00. The molecular weight excluding hydrogens is 1030 g/mol. The maximum atomic E-state index is 2.74. The van der Waals surface area contributed by atoms with Crippen LogP contribution in [-0.2, 0) is 27.1 Å². The Bertz CT molecular complexity index is 4200. The van der Waals surface area contributed by atoms with E-state index in [0.29, 0.717) is 0 Å². The summed E-state index contributed by atoms with van der Waals surface area (Å²) in [6.07, 6.45) is 4.58. The average molecular weight is 1110 g/mol. The highest BCUT2D eigenvalue weighted by atomic mass is 15.2. The van der Waals surface area contributed by atoms with Gasteiger partial charge < -0.3 is 14.7 Å². The van der Waals surface area contributed by atoms with Gasteiger partial charge in [-0.05, 0) is 204 Å². The van der Waals surface area contributed by atoms with Crippen molar-refractivity contribution in [3.05, 3.63) is 252 Å². The van der Waals surface area contributed by atoms with Gasteiger partial charge in [0.05, 0.1) is 11.4 Å². The van der Waals surface area contributed by atoms with E-state index in [-0.39, 0.29) is 33.8 Å².